The predicted octanol–water partition coefficient (Wildman–Crippen LogP) is 4.00. The lowest BCUT2D eigenvalue weighted by molar-refractivity contribution is -0.0345. The molecule has 1 aromatic rings. The van der Waals surface area contributed by atoms with Crippen molar-refractivity contribution in [2.24, 2.45) is 11.7 Å². The van der Waals surface area contributed by atoms with Gasteiger partial charge in [-0.15, -0.1) is 11.3 Å². The molecule has 0 bridgehead atoms. The molecule has 0 radical (unpaired) electrons. The summed E-state index contributed by atoms with van der Waals surface area (Å²) in [6, 6.07) is 3.94. The summed E-state index contributed by atoms with van der Waals surface area (Å²) in [5, 5.41) is 0. The smallest absolute Gasteiger partial charge is 0.104 e. The van der Waals surface area contributed by atoms with E-state index in [1.165, 1.54) is 19.3 Å². The van der Waals surface area contributed by atoms with E-state index >= 15 is 0 Å². The van der Waals surface area contributed by atoms with Crippen molar-refractivity contribution in [1.29, 1.82) is 0 Å². The summed E-state index contributed by atoms with van der Waals surface area (Å²) >= 11 is 7.52. The van der Waals surface area contributed by atoms with E-state index in [1.54, 1.807) is 11.3 Å². The third kappa shape index (κ3) is 3.68. The summed E-state index contributed by atoms with van der Waals surface area (Å²) in [6.45, 7) is 2.83. The molecule has 17 heavy (non-hydrogen) atoms. The SMILES string of the molecule is CC1CCCC(OC(CN)c2ccc(Cl)s2)C1. The highest BCUT2D eigenvalue weighted by Gasteiger charge is 2.23. The molecule has 3 unspecified atom stereocenters. The maximum atomic E-state index is 6.14. The summed E-state index contributed by atoms with van der Waals surface area (Å²) < 4.78 is 6.94. The molecule has 0 amide bonds. The van der Waals surface area contributed by atoms with Crippen LogP contribution in [0.4, 0.5) is 0 Å². The molecule has 2 rings (SSSR count). The van der Waals surface area contributed by atoms with E-state index in [-0.39, 0.29) is 6.10 Å². The first kappa shape index (κ1) is 13.3. The van der Waals surface area contributed by atoms with Gasteiger partial charge in [-0.1, -0.05) is 31.4 Å². The van der Waals surface area contributed by atoms with Crippen LogP contribution >= 0.6 is 22.9 Å². The molecule has 1 saturated carbocycles. The highest BCUT2D eigenvalue weighted by molar-refractivity contribution is 7.16. The van der Waals surface area contributed by atoms with Crippen LogP contribution in [0.1, 0.15) is 43.6 Å². The number of thiophene rings is 1. The lowest BCUT2D eigenvalue weighted by atomic mass is 9.88. The number of nitrogens with two attached hydrogens (primary N) is 1. The highest BCUT2D eigenvalue weighted by atomic mass is 35.5. The number of hydrogen-bond donors (Lipinski definition) is 1. The Kier molecular flexibility index (Phi) is 4.86. The Morgan fingerprint density at radius 2 is 2.35 bits per heavy atom. The second kappa shape index (κ2) is 6.19. The van der Waals surface area contributed by atoms with Gasteiger partial charge in [0.2, 0.25) is 0 Å². The third-order valence-electron chi connectivity index (χ3n) is 3.37. The molecule has 1 aliphatic rings. The second-order valence-electron chi connectivity index (χ2n) is 4.90. The normalized spacial score (nSPS) is 27.0. The zero-order chi connectivity index (χ0) is 12.3. The molecule has 1 heterocycles. The largest absolute Gasteiger partial charge is 0.368 e. The molecule has 4 heteroatoms. The van der Waals surface area contributed by atoms with Crippen LogP contribution < -0.4 is 5.73 Å². The van der Waals surface area contributed by atoms with Gasteiger partial charge in [0.15, 0.2) is 0 Å². The summed E-state index contributed by atoms with van der Waals surface area (Å²) in [7, 11) is 0. The fourth-order valence-corrected chi connectivity index (χ4v) is 3.59. The van der Waals surface area contributed by atoms with Crippen LogP contribution in [-0.2, 0) is 4.74 Å². The molecule has 0 saturated heterocycles. The van der Waals surface area contributed by atoms with Crippen LogP contribution in [0.5, 0.6) is 0 Å². The molecule has 96 valence electrons. The van der Waals surface area contributed by atoms with Crippen molar-refractivity contribution in [3.05, 3.63) is 21.3 Å². The Hall–Kier alpha value is -0.0900. The predicted molar refractivity (Wildman–Crippen MR) is 73.6 cm³/mol. The Labute approximate surface area is 112 Å². The van der Waals surface area contributed by atoms with Crippen molar-refractivity contribution in [1.82, 2.24) is 0 Å². The molecule has 0 spiro atoms. The van der Waals surface area contributed by atoms with Gasteiger partial charge >= 0.3 is 0 Å². The molecule has 0 aromatic carbocycles. The van der Waals surface area contributed by atoms with Gasteiger partial charge in [0.25, 0.3) is 0 Å². The summed E-state index contributed by atoms with van der Waals surface area (Å²) in [5.74, 6) is 0.777. The van der Waals surface area contributed by atoms with E-state index in [4.69, 9.17) is 22.1 Å². The van der Waals surface area contributed by atoms with Crippen LogP contribution in [0.15, 0.2) is 12.1 Å². The Balaban J connectivity index is 1.95. The lowest BCUT2D eigenvalue weighted by Gasteiger charge is -2.29. The topological polar surface area (TPSA) is 35.2 Å². The highest BCUT2D eigenvalue weighted by Crippen LogP contribution is 2.33. The van der Waals surface area contributed by atoms with Crippen LogP contribution in [0, 0.1) is 5.92 Å². The van der Waals surface area contributed by atoms with Gasteiger partial charge < -0.3 is 10.5 Å². The molecule has 2 nitrogen and oxygen atoms in total. The Morgan fingerprint density at radius 1 is 1.53 bits per heavy atom. The first-order chi connectivity index (χ1) is 8.19. The third-order valence-corrected chi connectivity index (χ3v) is 4.69. The molecule has 2 N–H and O–H groups in total. The van der Waals surface area contributed by atoms with Crippen molar-refractivity contribution in [2.75, 3.05) is 6.54 Å². The van der Waals surface area contributed by atoms with Gasteiger partial charge in [-0.3, -0.25) is 0 Å². The standard InChI is InChI=1S/C13H20ClNOS/c1-9-3-2-4-10(7-9)16-11(8-15)12-5-6-13(14)17-12/h5-6,9-11H,2-4,7-8,15H2,1H3. The van der Waals surface area contributed by atoms with Gasteiger partial charge in [-0.2, -0.15) is 0 Å². The fraction of sp³-hybridized carbons (Fsp3) is 0.692. The average molecular weight is 274 g/mol. The van der Waals surface area contributed by atoms with Crippen LogP contribution in [-0.4, -0.2) is 12.6 Å². The van der Waals surface area contributed by atoms with Crippen LogP contribution in [0.2, 0.25) is 4.34 Å². The van der Waals surface area contributed by atoms with Crippen molar-refractivity contribution in [3.8, 4) is 0 Å². The average Bonchev–Trinajstić information content (AvgIpc) is 2.73. The molecule has 1 aromatic heterocycles. The van der Waals surface area contributed by atoms with Gasteiger partial charge in [-0.05, 0) is 30.9 Å². The minimum atomic E-state index is 0.0165. The van der Waals surface area contributed by atoms with Gasteiger partial charge in [-0.25, -0.2) is 0 Å². The number of halogens is 1. The van der Waals surface area contributed by atoms with Crippen molar-refractivity contribution in [2.45, 2.75) is 44.8 Å². The van der Waals surface area contributed by atoms with Gasteiger partial charge in [0, 0.05) is 11.4 Å². The van der Waals surface area contributed by atoms with Gasteiger partial charge in [0.1, 0.15) is 6.10 Å². The van der Waals surface area contributed by atoms with E-state index < -0.39 is 0 Å². The molecular weight excluding hydrogens is 254 g/mol. The quantitative estimate of drug-likeness (QED) is 0.900. The Morgan fingerprint density at radius 3 is 2.94 bits per heavy atom. The van der Waals surface area contributed by atoms with E-state index in [2.05, 4.69) is 6.92 Å². The second-order valence-corrected chi connectivity index (χ2v) is 6.64. The van der Waals surface area contributed by atoms with Crippen molar-refractivity contribution in [3.63, 3.8) is 0 Å². The van der Waals surface area contributed by atoms with E-state index in [1.807, 2.05) is 12.1 Å². The number of ether oxygens (including phenoxy) is 1. The zero-order valence-corrected chi connectivity index (χ0v) is 11.8. The van der Waals surface area contributed by atoms with E-state index in [0.29, 0.717) is 12.6 Å². The molecule has 1 fully saturated rings. The summed E-state index contributed by atoms with van der Waals surface area (Å²) in [6.07, 6.45) is 5.32. The minimum Gasteiger partial charge on any atom is -0.368 e. The maximum Gasteiger partial charge on any atom is 0.104 e. The van der Waals surface area contributed by atoms with Crippen molar-refractivity contribution < 1.29 is 4.74 Å². The lowest BCUT2D eigenvalue weighted by Crippen LogP contribution is -2.26. The summed E-state index contributed by atoms with van der Waals surface area (Å²) in [5.41, 5.74) is 5.80. The first-order valence-corrected chi connectivity index (χ1v) is 7.49. The van der Waals surface area contributed by atoms with Gasteiger partial charge in [0.05, 0.1) is 10.4 Å². The van der Waals surface area contributed by atoms with E-state index in [0.717, 1.165) is 21.6 Å². The zero-order valence-electron chi connectivity index (χ0n) is 10.2. The van der Waals surface area contributed by atoms with Crippen LogP contribution in [0.3, 0.4) is 0 Å². The molecular formula is C13H20ClNOS. The molecule has 1 aliphatic carbocycles. The first-order valence-electron chi connectivity index (χ1n) is 6.29. The fourth-order valence-electron chi connectivity index (χ4n) is 2.47. The molecule has 3 atom stereocenters. The van der Waals surface area contributed by atoms with E-state index in [9.17, 15) is 0 Å². The Bertz CT molecular complexity index is 355. The molecule has 0 aliphatic heterocycles. The van der Waals surface area contributed by atoms with Crippen LogP contribution in [0.25, 0.3) is 0 Å². The van der Waals surface area contributed by atoms with Crippen molar-refractivity contribution >= 4 is 22.9 Å². The summed E-state index contributed by atoms with van der Waals surface area (Å²) in [4.78, 5) is 1.15. The maximum absolute atomic E-state index is 6.14. The monoisotopic (exact) mass is 273 g/mol. The minimum absolute atomic E-state index is 0.0165. The number of rotatable bonds is 4. The number of hydrogen-bond acceptors (Lipinski definition) is 3.